The zero-order valence-corrected chi connectivity index (χ0v) is 18.8. The summed E-state index contributed by atoms with van der Waals surface area (Å²) in [7, 11) is 1.95. The predicted octanol–water partition coefficient (Wildman–Crippen LogP) is 2.87. The van der Waals surface area contributed by atoms with E-state index in [0.29, 0.717) is 6.42 Å². The second-order valence-electron chi connectivity index (χ2n) is 8.53. The van der Waals surface area contributed by atoms with Crippen molar-refractivity contribution in [2.75, 3.05) is 0 Å². The number of rotatable bonds is 7. The van der Waals surface area contributed by atoms with Crippen molar-refractivity contribution in [2.45, 2.75) is 71.4 Å². The number of benzene rings is 1. The van der Waals surface area contributed by atoms with Crippen molar-refractivity contribution in [3.8, 4) is 0 Å². The monoisotopic (exact) mass is 420 g/mol. The van der Waals surface area contributed by atoms with Gasteiger partial charge in [-0.15, -0.1) is 10.2 Å². The smallest absolute Gasteiger partial charge is 0.220 e. The van der Waals surface area contributed by atoms with E-state index in [4.69, 9.17) is 0 Å². The van der Waals surface area contributed by atoms with Crippen LogP contribution < -0.4 is 5.32 Å². The van der Waals surface area contributed by atoms with E-state index >= 15 is 0 Å². The minimum Gasteiger partial charge on any atom is -0.353 e. The van der Waals surface area contributed by atoms with Gasteiger partial charge in [0.1, 0.15) is 11.6 Å². The summed E-state index contributed by atoms with van der Waals surface area (Å²) < 4.78 is 4.15. The summed E-state index contributed by atoms with van der Waals surface area (Å²) in [4.78, 5) is 12.6. The van der Waals surface area contributed by atoms with E-state index in [9.17, 15) is 4.79 Å². The summed E-state index contributed by atoms with van der Waals surface area (Å²) in [5, 5.41) is 16.6. The third-order valence-corrected chi connectivity index (χ3v) is 6.43. The molecule has 4 rings (SSSR count). The number of carbonyl (C=O) groups is 1. The van der Waals surface area contributed by atoms with Crippen LogP contribution in [0, 0.1) is 13.8 Å². The molecule has 1 aliphatic heterocycles. The highest BCUT2D eigenvalue weighted by Crippen LogP contribution is 2.18. The zero-order chi connectivity index (χ0) is 21.8. The molecule has 1 aromatic carbocycles. The molecule has 0 radical (unpaired) electrons. The van der Waals surface area contributed by atoms with Crippen LogP contribution in [0.3, 0.4) is 0 Å². The third-order valence-electron chi connectivity index (χ3n) is 6.43. The number of hydrogen-bond donors (Lipinski definition) is 1. The molecule has 0 spiro atoms. The van der Waals surface area contributed by atoms with Gasteiger partial charge in [-0.05, 0) is 50.7 Å². The Hall–Kier alpha value is -2.96. The first-order valence-electron chi connectivity index (χ1n) is 11.2. The van der Waals surface area contributed by atoms with E-state index in [1.165, 1.54) is 11.1 Å². The van der Waals surface area contributed by atoms with Gasteiger partial charge in [0.15, 0.2) is 0 Å². The normalized spacial score (nSPS) is 16.0. The van der Waals surface area contributed by atoms with Crippen LogP contribution in [0.4, 0.5) is 0 Å². The number of nitrogens with zero attached hydrogens (tertiary/aromatic N) is 5. The second-order valence-corrected chi connectivity index (χ2v) is 8.53. The molecule has 1 N–H and O–H groups in total. The molecule has 1 amide bonds. The fourth-order valence-corrected chi connectivity index (χ4v) is 4.50. The Balaban J connectivity index is 1.29. The largest absolute Gasteiger partial charge is 0.353 e. The van der Waals surface area contributed by atoms with Crippen LogP contribution in [0.5, 0.6) is 0 Å². The van der Waals surface area contributed by atoms with Gasteiger partial charge in [0.2, 0.25) is 5.91 Å². The second kappa shape index (κ2) is 9.45. The molecule has 1 aliphatic rings. The van der Waals surface area contributed by atoms with Crippen LogP contribution in [0.1, 0.15) is 53.4 Å². The quantitative estimate of drug-likeness (QED) is 0.638. The Morgan fingerprint density at radius 1 is 1.10 bits per heavy atom. The van der Waals surface area contributed by atoms with Crippen molar-refractivity contribution in [1.82, 2.24) is 29.9 Å². The molecule has 0 saturated carbocycles. The maximum Gasteiger partial charge on any atom is 0.220 e. The van der Waals surface area contributed by atoms with E-state index in [0.717, 1.165) is 68.1 Å². The number of fused-ring (bicyclic) bond motifs is 1. The summed E-state index contributed by atoms with van der Waals surface area (Å²) in [6.07, 6.45) is 5.76. The molecule has 7 heteroatoms. The summed E-state index contributed by atoms with van der Waals surface area (Å²) in [6.45, 7) is 4.93. The summed E-state index contributed by atoms with van der Waals surface area (Å²) >= 11 is 0. The van der Waals surface area contributed by atoms with Crippen molar-refractivity contribution in [3.63, 3.8) is 0 Å². The third kappa shape index (κ3) is 5.03. The molecule has 1 unspecified atom stereocenters. The average Bonchev–Trinajstić information content (AvgIpc) is 3.18. The van der Waals surface area contributed by atoms with Crippen LogP contribution in [-0.2, 0) is 44.1 Å². The Labute approximate surface area is 183 Å². The molecule has 3 heterocycles. The van der Waals surface area contributed by atoms with Crippen LogP contribution in [-0.4, -0.2) is 36.5 Å². The molecular formula is C24H32N6O. The van der Waals surface area contributed by atoms with Gasteiger partial charge in [-0.25, -0.2) is 0 Å². The van der Waals surface area contributed by atoms with Gasteiger partial charge in [0.25, 0.3) is 0 Å². The maximum atomic E-state index is 12.6. The van der Waals surface area contributed by atoms with Crippen molar-refractivity contribution in [2.24, 2.45) is 7.05 Å². The molecule has 2 aromatic heterocycles. The van der Waals surface area contributed by atoms with Gasteiger partial charge >= 0.3 is 0 Å². The number of hydrogen-bond acceptors (Lipinski definition) is 4. The van der Waals surface area contributed by atoms with Gasteiger partial charge in [0, 0.05) is 44.6 Å². The van der Waals surface area contributed by atoms with E-state index in [1.54, 1.807) is 0 Å². The van der Waals surface area contributed by atoms with E-state index < -0.39 is 0 Å². The lowest BCUT2D eigenvalue weighted by Crippen LogP contribution is -2.35. The standard InChI is InChI=1S/C24H32N6O/c1-17-21(18(2)29(3)28-17)11-14-24(31)25-20-10-13-23-27-26-22(30(23)16-15-20)12-9-19-7-5-4-6-8-19/h4-8,20H,9-16H2,1-3H3,(H,25,31). The molecule has 7 nitrogen and oxygen atoms in total. The topological polar surface area (TPSA) is 77.6 Å². The molecule has 0 aliphatic carbocycles. The molecule has 164 valence electrons. The number of aryl methyl sites for hydroxylation is 5. The summed E-state index contributed by atoms with van der Waals surface area (Å²) in [5.74, 6) is 2.21. The van der Waals surface area contributed by atoms with Crippen molar-refractivity contribution in [3.05, 3.63) is 64.5 Å². The first-order chi connectivity index (χ1) is 15.0. The highest BCUT2D eigenvalue weighted by molar-refractivity contribution is 5.76. The van der Waals surface area contributed by atoms with Crippen LogP contribution in [0.15, 0.2) is 30.3 Å². The SMILES string of the molecule is Cc1nn(C)c(C)c1CCC(=O)NC1CCc2nnc(CCc3ccccc3)n2CC1. The predicted molar refractivity (Wildman–Crippen MR) is 120 cm³/mol. The van der Waals surface area contributed by atoms with Crippen molar-refractivity contribution in [1.29, 1.82) is 0 Å². The highest BCUT2D eigenvalue weighted by Gasteiger charge is 2.21. The van der Waals surface area contributed by atoms with Gasteiger partial charge in [-0.2, -0.15) is 5.10 Å². The lowest BCUT2D eigenvalue weighted by Gasteiger charge is -2.16. The van der Waals surface area contributed by atoms with Crippen molar-refractivity contribution < 1.29 is 4.79 Å². The molecule has 31 heavy (non-hydrogen) atoms. The highest BCUT2D eigenvalue weighted by atomic mass is 16.1. The molecule has 0 fully saturated rings. The molecular weight excluding hydrogens is 388 g/mol. The van der Waals surface area contributed by atoms with Gasteiger partial charge < -0.3 is 9.88 Å². The lowest BCUT2D eigenvalue weighted by molar-refractivity contribution is -0.121. The molecule has 0 saturated heterocycles. The molecule has 0 bridgehead atoms. The molecule has 3 aromatic rings. The van der Waals surface area contributed by atoms with Gasteiger partial charge in [-0.3, -0.25) is 9.48 Å². The minimum absolute atomic E-state index is 0.120. The summed E-state index contributed by atoms with van der Waals surface area (Å²) in [6, 6.07) is 10.7. The van der Waals surface area contributed by atoms with Crippen LogP contribution in [0.2, 0.25) is 0 Å². The summed E-state index contributed by atoms with van der Waals surface area (Å²) in [5.41, 5.74) is 4.66. The van der Waals surface area contributed by atoms with Crippen LogP contribution in [0.25, 0.3) is 0 Å². The number of nitrogens with one attached hydrogen (secondary N) is 1. The minimum atomic E-state index is 0.120. The molecule has 1 atom stereocenters. The first kappa shape index (κ1) is 21.3. The van der Waals surface area contributed by atoms with E-state index in [-0.39, 0.29) is 11.9 Å². The van der Waals surface area contributed by atoms with Gasteiger partial charge in [0.05, 0.1) is 5.69 Å². The Morgan fingerprint density at radius 3 is 2.65 bits per heavy atom. The van der Waals surface area contributed by atoms with E-state index in [1.807, 2.05) is 24.7 Å². The zero-order valence-electron chi connectivity index (χ0n) is 18.8. The van der Waals surface area contributed by atoms with E-state index in [2.05, 4.69) is 56.4 Å². The average molecular weight is 421 g/mol. The Bertz CT molecular complexity index is 1040. The first-order valence-corrected chi connectivity index (χ1v) is 11.2. The Morgan fingerprint density at radius 2 is 1.90 bits per heavy atom. The number of carbonyl (C=O) groups excluding carboxylic acids is 1. The fraction of sp³-hybridized carbons (Fsp3) is 0.500. The lowest BCUT2D eigenvalue weighted by atomic mass is 10.1. The Kier molecular flexibility index (Phi) is 6.49. The van der Waals surface area contributed by atoms with Crippen LogP contribution >= 0.6 is 0 Å². The number of aromatic nitrogens is 5. The van der Waals surface area contributed by atoms with Crippen molar-refractivity contribution >= 4 is 5.91 Å². The van der Waals surface area contributed by atoms with Gasteiger partial charge in [-0.1, -0.05) is 30.3 Å². The number of amides is 1. The fourth-order valence-electron chi connectivity index (χ4n) is 4.50. The maximum absolute atomic E-state index is 12.6.